The molecule has 1 heterocycles. The van der Waals surface area contributed by atoms with Crippen LogP contribution in [0.25, 0.3) is 5.69 Å². The smallest absolute Gasteiger partial charge is 0.337 e. The van der Waals surface area contributed by atoms with Crippen LogP contribution in [0.3, 0.4) is 0 Å². The maximum Gasteiger partial charge on any atom is 0.337 e. The summed E-state index contributed by atoms with van der Waals surface area (Å²) in [5.41, 5.74) is 8.54. The number of ether oxygens (including phenoxy) is 1. The van der Waals surface area contributed by atoms with Crippen LogP contribution in [-0.2, 0) is 4.74 Å². The van der Waals surface area contributed by atoms with E-state index in [4.69, 9.17) is 22.7 Å². The Labute approximate surface area is 189 Å². The van der Waals surface area contributed by atoms with Gasteiger partial charge in [0.2, 0.25) is 0 Å². The van der Waals surface area contributed by atoms with Crippen molar-refractivity contribution in [3.8, 4) is 5.69 Å². The SMILES string of the molecule is COC(=O)c1cccc(-n2ncc(C(N)=O)c2NC(=S)NC(=O)c2cccc(C)c2C)c1. The number of primary amides is 1. The highest BCUT2D eigenvalue weighted by molar-refractivity contribution is 7.80. The lowest BCUT2D eigenvalue weighted by molar-refractivity contribution is 0.0600. The van der Waals surface area contributed by atoms with Gasteiger partial charge in [-0.1, -0.05) is 18.2 Å². The van der Waals surface area contributed by atoms with E-state index in [2.05, 4.69) is 15.7 Å². The van der Waals surface area contributed by atoms with E-state index in [1.165, 1.54) is 24.1 Å². The van der Waals surface area contributed by atoms with Gasteiger partial charge in [0.1, 0.15) is 11.4 Å². The molecule has 4 N–H and O–H groups in total. The molecule has 0 aliphatic rings. The summed E-state index contributed by atoms with van der Waals surface area (Å²) in [6, 6.07) is 11.8. The minimum Gasteiger partial charge on any atom is -0.465 e. The lowest BCUT2D eigenvalue weighted by atomic mass is 10.0. The number of nitrogens with two attached hydrogens (primary N) is 1. The zero-order valence-electron chi connectivity index (χ0n) is 17.6. The van der Waals surface area contributed by atoms with E-state index in [-0.39, 0.29) is 22.1 Å². The van der Waals surface area contributed by atoms with Gasteiger partial charge in [0, 0.05) is 5.56 Å². The molecule has 0 aliphatic carbocycles. The molecule has 9 nitrogen and oxygen atoms in total. The molecule has 0 aliphatic heterocycles. The first-order valence-electron chi connectivity index (χ1n) is 9.48. The molecule has 3 rings (SSSR count). The van der Waals surface area contributed by atoms with Crippen LogP contribution in [0, 0.1) is 13.8 Å². The predicted molar refractivity (Wildman–Crippen MR) is 123 cm³/mol. The van der Waals surface area contributed by atoms with E-state index >= 15 is 0 Å². The van der Waals surface area contributed by atoms with E-state index in [1.54, 1.807) is 30.3 Å². The molecule has 0 spiro atoms. The Bertz CT molecular complexity index is 1230. The monoisotopic (exact) mass is 451 g/mol. The number of amides is 2. The molecule has 0 radical (unpaired) electrons. The molecule has 2 aromatic carbocycles. The minimum absolute atomic E-state index is 0.0516. The van der Waals surface area contributed by atoms with Gasteiger partial charge in [0.15, 0.2) is 5.11 Å². The second-order valence-electron chi connectivity index (χ2n) is 6.88. The van der Waals surface area contributed by atoms with Crippen LogP contribution in [-0.4, -0.2) is 39.8 Å². The van der Waals surface area contributed by atoms with Crippen molar-refractivity contribution in [2.75, 3.05) is 12.4 Å². The molecule has 164 valence electrons. The highest BCUT2D eigenvalue weighted by atomic mass is 32.1. The highest BCUT2D eigenvalue weighted by Crippen LogP contribution is 2.21. The molecule has 0 bridgehead atoms. The Morgan fingerprint density at radius 3 is 2.50 bits per heavy atom. The van der Waals surface area contributed by atoms with Crippen molar-refractivity contribution >= 4 is 40.9 Å². The van der Waals surface area contributed by atoms with Crippen LogP contribution >= 0.6 is 12.2 Å². The molecule has 2 amide bonds. The number of rotatable bonds is 5. The number of methoxy groups -OCH3 is 1. The topological polar surface area (TPSA) is 128 Å². The molecule has 32 heavy (non-hydrogen) atoms. The van der Waals surface area contributed by atoms with E-state index in [1.807, 2.05) is 19.9 Å². The van der Waals surface area contributed by atoms with Crippen molar-refractivity contribution in [2.24, 2.45) is 5.73 Å². The summed E-state index contributed by atoms with van der Waals surface area (Å²) >= 11 is 5.29. The van der Waals surface area contributed by atoms with Crippen molar-refractivity contribution in [1.82, 2.24) is 15.1 Å². The van der Waals surface area contributed by atoms with Gasteiger partial charge in [-0.2, -0.15) is 5.10 Å². The van der Waals surface area contributed by atoms with E-state index in [0.29, 0.717) is 11.3 Å². The normalized spacial score (nSPS) is 10.3. The summed E-state index contributed by atoms with van der Waals surface area (Å²) in [7, 11) is 1.28. The van der Waals surface area contributed by atoms with Crippen LogP contribution in [0.4, 0.5) is 5.82 Å². The van der Waals surface area contributed by atoms with Crippen molar-refractivity contribution < 1.29 is 19.1 Å². The summed E-state index contributed by atoms with van der Waals surface area (Å²) < 4.78 is 6.09. The highest BCUT2D eigenvalue weighted by Gasteiger charge is 2.20. The molecule has 3 aromatic rings. The quantitative estimate of drug-likeness (QED) is 0.402. The van der Waals surface area contributed by atoms with Crippen molar-refractivity contribution in [1.29, 1.82) is 0 Å². The molecular weight excluding hydrogens is 430 g/mol. The number of hydrogen-bond donors (Lipinski definition) is 3. The molecule has 0 atom stereocenters. The van der Waals surface area contributed by atoms with Gasteiger partial charge in [-0.15, -0.1) is 0 Å². The van der Waals surface area contributed by atoms with E-state index in [0.717, 1.165) is 11.1 Å². The van der Waals surface area contributed by atoms with Crippen LogP contribution in [0.1, 0.15) is 42.2 Å². The molecule has 0 fully saturated rings. The zero-order valence-corrected chi connectivity index (χ0v) is 18.4. The number of thiocarbonyl (C=S) groups is 1. The number of aromatic nitrogens is 2. The Balaban J connectivity index is 1.91. The molecular formula is C22H21N5O4S. The number of aryl methyl sites for hydroxylation is 1. The lowest BCUT2D eigenvalue weighted by Gasteiger charge is -2.14. The number of nitrogens with zero attached hydrogens (tertiary/aromatic N) is 2. The first kappa shape index (κ1) is 22.6. The average molecular weight is 452 g/mol. The van der Waals surface area contributed by atoms with E-state index in [9.17, 15) is 14.4 Å². The minimum atomic E-state index is -0.744. The molecule has 10 heteroatoms. The number of anilines is 1. The van der Waals surface area contributed by atoms with Gasteiger partial charge in [-0.25, -0.2) is 9.48 Å². The summed E-state index contributed by atoms with van der Waals surface area (Å²) in [4.78, 5) is 36.5. The van der Waals surface area contributed by atoms with Gasteiger partial charge in [-0.05, 0) is 61.5 Å². The largest absolute Gasteiger partial charge is 0.465 e. The summed E-state index contributed by atoms with van der Waals surface area (Å²) in [6.45, 7) is 3.75. The first-order valence-corrected chi connectivity index (χ1v) is 9.89. The third kappa shape index (κ3) is 4.65. The van der Waals surface area contributed by atoms with Crippen molar-refractivity contribution in [3.05, 3.63) is 76.5 Å². The van der Waals surface area contributed by atoms with Gasteiger partial charge in [-0.3, -0.25) is 14.9 Å². The Hall–Kier alpha value is -4.05. The zero-order chi connectivity index (χ0) is 23.4. The second kappa shape index (κ2) is 9.40. The Kier molecular flexibility index (Phi) is 6.64. The number of benzene rings is 2. The number of carbonyl (C=O) groups is 3. The average Bonchev–Trinajstić information content (AvgIpc) is 3.18. The number of carbonyl (C=O) groups excluding carboxylic acids is 3. The van der Waals surface area contributed by atoms with Crippen LogP contribution in [0.5, 0.6) is 0 Å². The fourth-order valence-corrected chi connectivity index (χ4v) is 3.22. The van der Waals surface area contributed by atoms with Crippen molar-refractivity contribution in [3.63, 3.8) is 0 Å². The van der Waals surface area contributed by atoms with Crippen molar-refractivity contribution in [2.45, 2.75) is 13.8 Å². The van der Waals surface area contributed by atoms with Gasteiger partial charge in [0.05, 0.1) is 24.6 Å². The Morgan fingerprint density at radius 2 is 1.81 bits per heavy atom. The second-order valence-corrected chi connectivity index (χ2v) is 7.29. The number of hydrogen-bond acceptors (Lipinski definition) is 6. The number of nitrogens with one attached hydrogen (secondary N) is 2. The van der Waals surface area contributed by atoms with Crippen LogP contribution in [0.15, 0.2) is 48.7 Å². The molecule has 0 unspecified atom stereocenters. The fraction of sp³-hybridized carbons (Fsp3) is 0.136. The summed E-state index contributed by atoms with van der Waals surface area (Å²) in [5, 5.41) is 9.55. The first-order chi connectivity index (χ1) is 15.2. The third-order valence-electron chi connectivity index (χ3n) is 4.85. The maximum atomic E-state index is 12.7. The molecule has 1 aromatic heterocycles. The third-order valence-corrected chi connectivity index (χ3v) is 5.06. The number of esters is 1. The van der Waals surface area contributed by atoms with Crippen LogP contribution in [0.2, 0.25) is 0 Å². The fourth-order valence-electron chi connectivity index (χ4n) is 3.03. The van der Waals surface area contributed by atoms with Gasteiger partial charge < -0.3 is 15.8 Å². The van der Waals surface area contributed by atoms with E-state index < -0.39 is 17.8 Å². The van der Waals surface area contributed by atoms with Crippen LogP contribution < -0.4 is 16.4 Å². The Morgan fingerprint density at radius 1 is 1.09 bits per heavy atom. The predicted octanol–water partition coefficient (Wildman–Crippen LogP) is 2.50. The molecule has 0 saturated carbocycles. The molecule has 0 saturated heterocycles. The maximum absolute atomic E-state index is 12.7. The standard InChI is InChI=1S/C22H21N5O4S/c1-12-6-4-9-16(13(12)2)20(29)26-22(32)25-19-17(18(23)28)11-24-27(19)15-8-5-7-14(10-15)21(30)31-3/h4-11H,1-3H3,(H2,23,28)(H2,25,26,29,32). The summed E-state index contributed by atoms with van der Waals surface area (Å²) in [6.07, 6.45) is 1.27. The van der Waals surface area contributed by atoms with Gasteiger partial charge >= 0.3 is 5.97 Å². The van der Waals surface area contributed by atoms with Gasteiger partial charge in [0.25, 0.3) is 11.8 Å². The lowest BCUT2D eigenvalue weighted by Crippen LogP contribution is -2.35. The summed E-state index contributed by atoms with van der Waals surface area (Å²) in [5.74, 6) is -1.53.